The molecular formula is C5H10N6. The van der Waals surface area contributed by atoms with E-state index in [1.807, 2.05) is 6.92 Å². The number of nitrogen functional groups attached to an aromatic ring is 2. The molecule has 0 aliphatic rings. The van der Waals surface area contributed by atoms with E-state index in [4.69, 9.17) is 11.7 Å². The highest BCUT2D eigenvalue weighted by Crippen LogP contribution is 2.06. The van der Waals surface area contributed by atoms with Gasteiger partial charge in [-0.25, -0.2) is 16.7 Å². The second-order valence-corrected chi connectivity index (χ2v) is 2.01. The van der Waals surface area contributed by atoms with Gasteiger partial charge in [0.1, 0.15) is 5.82 Å². The minimum atomic E-state index is 0.345. The fraction of sp³-hybridized carbons (Fsp3) is 0.200. The van der Waals surface area contributed by atoms with Crippen molar-refractivity contribution in [3.63, 3.8) is 0 Å². The number of anilines is 2. The molecule has 0 aliphatic carbocycles. The van der Waals surface area contributed by atoms with Gasteiger partial charge in [0.2, 0.25) is 5.95 Å². The van der Waals surface area contributed by atoms with Gasteiger partial charge in [0.05, 0.1) is 0 Å². The van der Waals surface area contributed by atoms with Gasteiger partial charge < -0.3 is 5.43 Å². The minimum Gasteiger partial charge on any atom is -0.308 e. The molecule has 0 spiro atoms. The lowest BCUT2D eigenvalue weighted by Gasteiger charge is -2.02. The van der Waals surface area contributed by atoms with E-state index in [0.29, 0.717) is 11.8 Å². The molecule has 0 aliphatic heterocycles. The summed E-state index contributed by atoms with van der Waals surface area (Å²) in [5.41, 5.74) is 5.51. The Morgan fingerprint density at radius 3 is 2.55 bits per heavy atom. The minimum absolute atomic E-state index is 0.345. The van der Waals surface area contributed by atoms with E-state index in [9.17, 15) is 0 Å². The standard InChI is InChI=1S/C5H10N6/c1-3-2-4(10-6)9-5(8-3)11-7/h2H,6-7H2,1H3,(H2,8,9,10,11). The smallest absolute Gasteiger partial charge is 0.239 e. The molecule has 0 saturated heterocycles. The van der Waals surface area contributed by atoms with E-state index in [0.717, 1.165) is 5.69 Å². The van der Waals surface area contributed by atoms with Gasteiger partial charge in [0, 0.05) is 11.8 Å². The fourth-order valence-electron chi connectivity index (χ4n) is 0.707. The van der Waals surface area contributed by atoms with Crippen molar-refractivity contribution in [1.29, 1.82) is 0 Å². The summed E-state index contributed by atoms with van der Waals surface area (Å²) in [7, 11) is 0. The molecule has 1 heterocycles. The van der Waals surface area contributed by atoms with Crippen LogP contribution in [0.1, 0.15) is 5.69 Å². The number of hydrogen-bond acceptors (Lipinski definition) is 6. The van der Waals surface area contributed by atoms with Crippen molar-refractivity contribution in [3.05, 3.63) is 11.8 Å². The van der Waals surface area contributed by atoms with Crippen molar-refractivity contribution in [3.8, 4) is 0 Å². The predicted molar refractivity (Wildman–Crippen MR) is 42.4 cm³/mol. The van der Waals surface area contributed by atoms with Gasteiger partial charge in [-0.1, -0.05) is 0 Å². The van der Waals surface area contributed by atoms with Gasteiger partial charge in [-0.15, -0.1) is 0 Å². The molecule has 0 bridgehead atoms. The molecule has 6 heteroatoms. The van der Waals surface area contributed by atoms with Crippen LogP contribution in [0.5, 0.6) is 0 Å². The molecule has 0 amide bonds. The highest BCUT2D eigenvalue weighted by Gasteiger charge is 1.97. The average molecular weight is 154 g/mol. The van der Waals surface area contributed by atoms with Crippen LogP contribution in [-0.4, -0.2) is 9.97 Å². The summed E-state index contributed by atoms with van der Waals surface area (Å²) in [6.07, 6.45) is 0. The summed E-state index contributed by atoms with van der Waals surface area (Å²) < 4.78 is 0. The lowest BCUT2D eigenvalue weighted by molar-refractivity contribution is 1.06. The number of nitrogens with one attached hydrogen (secondary N) is 2. The number of hydrazine groups is 2. The number of hydrogen-bond donors (Lipinski definition) is 4. The lowest BCUT2D eigenvalue weighted by Crippen LogP contribution is -2.14. The Balaban J connectivity index is 3.02. The molecule has 0 atom stereocenters. The number of aromatic nitrogens is 2. The Bertz CT molecular complexity index is 224. The van der Waals surface area contributed by atoms with Crippen LogP contribution in [0.25, 0.3) is 0 Å². The van der Waals surface area contributed by atoms with E-state index in [2.05, 4.69) is 20.8 Å². The van der Waals surface area contributed by atoms with Gasteiger partial charge in [0.15, 0.2) is 0 Å². The maximum absolute atomic E-state index is 5.13. The van der Waals surface area contributed by atoms with Crippen LogP contribution in [0, 0.1) is 6.92 Å². The summed E-state index contributed by atoms with van der Waals surface area (Å²) in [5, 5.41) is 0. The Morgan fingerprint density at radius 2 is 2.00 bits per heavy atom. The van der Waals surface area contributed by atoms with Crippen LogP contribution in [0.2, 0.25) is 0 Å². The van der Waals surface area contributed by atoms with Gasteiger partial charge in [-0.2, -0.15) is 4.98 Å². The first-order chi connectivity index (χ1) is 5.26. The van der Waals surface area contributed by atoms with Crippen molar-refractivity contribution in [1.82, 2.24) is 9.97 Å². The molecule has 6 N–H and O–H groups in total. The molecule has 0 radical (unpaired) electrons. The maximum Gasteiger partial charge on any atom is 0.239 e. The average Bonchev–Trinajstić information content (AvgIpc) is 2.03. The van der Waals surface area contributed by atoms with Crippen molar-refractivity contribution in [2.24, 2.45) is 11.7 Å². The van der Waals surface area contributed by atoms with Gasteiger partial charge in [0.25, 0.3) is 0 Å². The number of aryl methyl sites for hydroxylation is 1. The van der Waals surface area contributed by atoms with Gasteiger partial charge in [-0.3, -0.25) is 5.43 Å². The van der Waals surface area contributed by atoms with Gasteiger partial charge >= 0.3 is 0 Å². The molecule has 1 aromatic rings. The van der Waals surface area contributed by atoms with Crippen molar-refractivity contribution >= 4 is 11.8 Å². The van der Waals surface area contributed by atoms with Gasteiger partial charge in [-0.05, 0) is 6.92 Å². The van der Waals surface area contributed by atoms with Crippen molar-refractivity contribution < 1.29 is 0 Å². The normalized spacial score (nSPS) is 9.36. The zero-order chi connectivity index (χ0) is 8.27. The third-order valence-electron chi connectivity index (χ3n) is 1.13. The van der Waals surface area contributed by atoms with E-state index in [1.165, 1.54) is 0 Å². The second kappa shape index (κ2) is 3.13. The molecule has 1 aromatic heterocycles. The summed E-state index contributed by atoms with van der Waals surface area (Å²) >= 11 is 0. The molecule has 0 saturated carbocycles. The van der Waals surface area contributed by atoms with E-state index < -0.39 is 0 Å². The monoisotopic (exact) mass is 154 g/mol. The topological polar surface area (TPSA) is 102 Å². The molecule has 0 aromatic carbocycles. The highest BCUT2D eigenvalue weighted by molar-refractivity contribution is 5.40. The number of nitrogens with zero attached hydrogens (tertiary/aromatic N) is 2. The molecule has 0 unspecified atom stereocenters. The van der Waals surface area contributed by atoms with Crippen LogP contribution < -0.4 is 22.5 Å². The second-order valence-electron chi connectivity index (χ2n) is 2.01. The SMILES string of the molecule is Cc1cc(NN)nc(NN)n1. The predicted octanol–water partition coefficient (Wildman–Crippen LogP) is -0.644. The van der Waals surface area contributed by atoms with Crippen LogP contribution in [0.3, 0.4) is 0 Å². The zero-order valence-corrected chi connectivity index (χ0v) is 6.13. The first kappa shape index (κ1) is 7.70. The summed E-state index contributed by atoms with van der Waals surface area (Å²) in [5.74, 6) is 11.1. The van der Waals surface area contributed by atoms with Crippen LogP contribution in [0.15, 0.2) is 6.07 Å². The van der Waals surface area contributed by atoms with Crippen LogP contribution >= 0.6 is 0 Å². The molecule has 0 fully saturated rings. The maximum atomic E-state index is 5.13. The van der Waals surface area contributed by atoms with Crippen LogP contribution in [-0.2, 0) is 0 Å². The van der Waals surface area contributed by atoms with Crippen molar-refractivity contribution in [2.75, 3.05) is 10.9 Å². The first-order valence-corrected chi connectivity index (χ1v) is 3.05. The summed E-state index contributed by atoms with van der Waals surface area (Å²) in [6, 6.07) is 1.71. The number of rotatable bonds is 2. The van der Waals surface area contributed by atoms with Crippen LogP contribution in [0.4, 0.5) is 11.8 Å². The number of nitrogens with two attached hydrogens (primary N) is 2. The molecule has 11 heavy (non-hydrogen) atoms. The quantitative estimate of drug-likeness (QED) is 0.333. The van der Waals surface area contributed by atoms with Crippen molar-refractivity contribution in [2.45, 2.75) is 6.92 Å². The molecule has 6 nitrogen and oxygen atoms in total. The highest BCUT2D eigenvalue weighted by atomic mass is 15.3. The molecule has 60 valence electrons. The van der Waals surface area contributed by atoms with E-state index in [1.54, 1.807) is 6.07 Å². The largest absolute Gasteiger partial charge is 0.308 e. The fourth-order valence-corrected chi connectivity index (χ4v) is 0.707. The molecular weight excluding hydrogens is 144 g/mol. The third kappa shape index (κ3) is 1.76. The first-order valence-electron chi connectivity index (χ1n) is 3.05. The Morgan fingerprint density at radius 1 is 1.27 bits per heavy atom. The Kier molecular flexibility index (Phi) is 2.19. The Hall–Kier alpha value is -1.40. The third-order valence-corrected chi connectivity index (χ3v) is 1.13. The van der Waals surface area contributed by atoms with E-state index >= 15 is 0 Å². The Labute approximate surface area is 64.0 Å². The molecule has 1 rings (SSSR count). The zero-order valence-electron chi connectivity index (χ0n) is 6.13. The van der Waals surface area contributed by atoms with E-state index in [-0.39, 0.29) is 0 Å². The lowest BCUT2D eigenvalue weighted by atomic mass is 10.4. The summed E-state index contributed by atoms with van der Waals surface area (Å²) in [4.78, 5) is 7.84. The summed E-state index contributed by atoms with van der Waals surface area (Å²) in [6.45, 7) is 1.82.